The second-order valence-corrected chi connectivity index (χ2v) is 5.28. The first-order valence-electron chi connectivity index (χ1n) is 7.28. The van der Waals surface area contributed by atoms with Crippen molar-refractivity contribution in [3.63, 3.8) is 0 Å². The van der Waals surface area contributed by atoms with Crippen LogP contribution in [0.2, 0.25) is 0 Å². The molecule has 2 atom stereocenters. The van der Waals surface area contributed by atoms with Crippen LogP contribution in [0.4, 0.5) is 4.39 Å². The number of aliphatic hydroxyl groups is 1. The van der Waals surface area contributed by atoms with Crippen LogP contribution in [0.3, 0.4) is 0 Å². The standard InChI is InChI=1S/C17H21FO2/c1-2-13-5-3-7-16(11-13)20-17-12-15(18)9-8-14(17)6-4-10-19/h8-9,12-13,16,19H,2-3,5,7,10-11H2,1H3. The van der Waals surface area contributed by atoms with Gasteiger partial charge in [0.05, 0.1) is 11.7 Å². The fourth-order valence-electron chi connectivity index (χ4n) is 2.73. The molecule has 0 aromatic heterocycles. The minimum atomic E-state index is -0.322. The topological polar surface area (TPSA) is 29.5 Å². The summed E-state index contributed by atoms with van der Waals surface area (Å²) in [5.74, 6) is 6.27. The summed E-state index contributed by atoms with van der Waals surface area (Å²) in [7, 11) is 0. The molecule has 0 saturated heterocycles. The number of hydrogen-bond donors (Lipinski definition) is 1. The van der Waals surface area contributed by atoms with Gasteiger partial charge in [0, 0.05) is 6.07 Å². The van der Waals surface area contributed by atoms with Crippen molar-refractivity contribution in [1.29, 1.82) is 0 Å². The van der Waals surface area contributed by atoms with Crippen molar-refractivity contribution in [3.8, 4) is 17.6 Å². The molecule has 1 aliphatic carbocycles. The SMILES string of the molecule is CCC1CCCC(Oc2cc(F)ccc2C#CCO)C1. The zero-order valence-corrected chi connectivity index (χ0v) is 11.9. The molecule has 1 aliphatic rings. The van der Waals surface area contributed by atoms with Crippen LogP contribution in [0, 0.1) is 23.6 Å². The van der Waals surface area contributed by atoms with Crippen molar-refractivity contribution in [1.82, 2.24) is 0 Å². The van der Waals surface area contributed by atoms with E-state index >= 15 is 0 Å². The van der Waals surface area contributed by atoms with Gasteiger partial charge in [-0.3, -0.25) is 0 Å². The maximum atomic E-state index is 13.4. The number of benzene rings is 1. The van der Waals surface area contributed by atoms with Gasteiger partial charge in [-0.15, -0.1) is 0 Å². The van der Waals surface area contributed by atoms with Gasteiger partial charge < -0.3 is 9.84 Å². The summed E-state index contributed by atoms with van der Waals surface area (Å²) in [6.45, 7) is 1.99. The predicted molar refractivity (Wildman–Crippen MR) is 77.0 cm³/mol. The van der Waals surface area contributed by atoms with E-state index in [1.54, 1.807) is 6.07 Å². The Labute approximate surface area is 120 Å². The molecule has 0 amide bonds. The van der Waals surface area contributed by atoms with Gasteiger partial charge in [-0.1, -0.05) is 31.6 Å². The molecule has 1 aromatic carbocycles. The molecule has 2 unspecified atom stereocenters. The van der Waals surface area contributed by atoms with Crippen molar-refractivity contribution in [3.05, 3.63) is 29.6 Å². The van der Waals surface area contributed by atoms with E-state index in [1.165, 1.54) is 25.0 Å². The highest BCUT2D eigenvalue weighted by Crippen LogP contribution is 2.31. The van der Waals surface area contributed by atoms with Crippen LogP contribution < -0.4 is 4.74 Å². The fourth-order valence-corrected chi connectivity index (χ4v) is 2.73. The van der Waals surface area contributed by atoms with E-state index in [9.17, 15) is 4.39 Å². The summed E-state index contributed by atoms with van der Waals surface area (Å²) in [5.41, 5.74) is 0.638. The first kappa shape index (κ1) is 14.9. The molecule has 0 radical (unpaired) electrons. The second kappa shape index (κ2) is 7.31. The lowest BCUT2D eigenvalue weighted by atomic mass is 9.85. The van der Waals surface area contributed by atoms with Gasteiger partial charge in [0.2, 0.25) is 0 Å². The van der Waals surface area contributed by atoms with E-state index in [4.69, 9.17) is 9.84 Å². The number of rotatable bonds is 3. The van der Waals surface area contributed by atoms with E-state index in [0.717, 1.165) is 19.3 Å². The molecular weight excluding hydrogens is 255 g/mol. The molecule has 108 valence electrons. The normalized spacial score (nSPS) is 21.9. The second-order valence-electron chi connectivity index (χ2n) is 5.28. The molecule has 0 heterocycles. The smallest absolute Gasteiger partial charge is 0.138 e. The maximum absolute atomic E-state index is 13.4. The summed E-state index contributed by atoms with van der Waals surface area (Å²) >= 11 is 0. The average Bonchev–Trinajstić information content (AvgIpc) is 2.47. The lowest BCUT2D eigenvalue weighted by Crippen LogP contribution is -2.25. The van der Waals surface area contributed by atoms with Crippen LogP contribution in [0.1, 0.15) is 44.6 Å². The molecule has 0 bridgehead atoms. The average molecular weight is 276 g/mol. The molecule has 1 N–H and O–H groups in total. The Bertz CT molecular complexity index is 501. The molecule has 3 heteroatoms. The Kier molecular flexibility index (Phi) is 5.43. The first-order chi connectivity index (χ1) is 9.72. The van der Waals surface area contributed by atoms with Crippen molar-refractivity contribution in [2.45, 2.75) is 45.1 Å². The molecule has 2 nitrogen and oxygen atoms in total. The number of halogens is 1. The van der Waals surface area contributed by atoms with Gasteiger partial charge >= 0.3 is 0 Å². The molecule has 1 saturated carbocycles. The Balaban J connectivity index is 2.13. The summed E-state index contributed by atoms with van der Waals surface area (Å²) in [4.78, 5) is 0. The van der Waals surface area contributed by atoms with E-state index < -0.39 is 0 Å². The maximum Gasteiger partial charge on any atom is 0.138 e. The molecule has 0 spiro atoms. The van der Waals surface area contributed by atoms with E-state index in [2.05, 4.69) is 18.8 Å². The van der Waals surface area contributed by atoms with Gasteiger partial charge in [-0.05, 0) is 37.3 Å². The van der Waals surface area contributed by atoms with E-state index in [1.807, 2.05) is 0 Å². The lowest BCUT2D eigenvalue weighted by Gasteiger charge is -2.29. The highest BCUT2D eigenvalue weighted by Gasteiger charge is 2.22. The van der Waals surface area contributed by atoms with E-state index in [-0.39, 0.29) is 18.5 Å². The van der Waals surface area contributed by atoms with Crippen LogP contribution in [0.25, 0.3) is 0 Å². The van der Waals surface area contributed by atoms with Crippen LogP contribution in [-0.2, 0) is 0 Å². The largest absolute Gasteiger partial charge is 0.489 e. The number of ether oxygens (including phenoxy) is 1. The first-order valence-corrected chi connectivity index (χ1v) is 7.28. The van der Waals surface area contributed by atoms with Crippen LogP contribution >= 0.6 is 0 Å². The minimum Gasteiger partial charge on any atom is -0.489 e. The Hall–Kier alpha value is -1.53. The van der Waals surface area contributed by atoms with Crippen LogP contribution in [-0.4, -0.2) is 17.8 Å². The molecule has 20 heavy (non-hydrogen) atoms. The van der Waals surface area contributed by atoms with Gasteiger partial charge in [-0.2, -0.15) is 0 Å². The van der Waals surface area contributed by atoms with Gasteiger partial charge in [0.25, 0.3) is 0 Å². The van der Waals surface area contributed by atoms with Crippen molar-refractivity contribution >= 4 is 0 Å². The third-order valence-electron chi connectivity index (χ3n) is 3.85. The molecule has 2 rings (SSSR count). The molecule has 1 aromatic rings. The van der Waals surface area contributed by atoms with Gasteiger partial charge in [0.15, 0.2) is 0 Å². The van der Waals surface area contributed by atoms with Crippen molar-refractivity contribution in [2.75, 3.05) is 6.61 Å². The molecular formula is C17H21FO2. The third kappa shape index (κ3) is 3.98. The minimum absolute atomic E-state index is 0.144. The summed E-state index contributed by atoms with van der Waals surface area (Å²) in [6, 6.07) is 4.36. The van der Waals surface area contributed by atoms with Gasteiger partial charge in [0.1, 0.15) is 18.2 Å². The quantitative estimate of drug-likeness (QED) is 0.856. The van der Waals surface area contributed by atoms with Gasteiger partial charge in [-0.25, -0.2) is 4.39 Å². The fraction of sp³-hybridized carbons (Fsp3) is 0.529. The molecule has 1 fully saturated rings. The zero-order valence-electron chi connectivity index (χ0n) is 11.9. The summed E-state index contributed by atoms with van der Waals surface area (Å²) in [5, 5.41) is 8.77. The highest BCUT2D eigenvalue weighted by atomic mass is 19.1. The zero-order chi connectivity index (χ0) is 14.4. The third-order valence-corrected chi connectivity index (χ3v) is 3.85. The van der Waals surface area contributed by atoms with Crippen LogP contribution in [0.15, 0.2) is 18.2 Å². The van der Waals surface area contributed by atoms with Crippen molar-refractivity contribution in [2.24, 2.45) is 5.92 Å². The monoisotopic (exact) mass is 276 g/mol. The highest BCUT2D eigenvalue weighted by molar-refractivity contribution is 5.46. The Morgan fingerprint density at radius 1 is 1.40 bits per heavy atom. The summed E-state index contributed by atoms with van der Waals surface area (Å²) < 4.78 is 19.4. The van der Waals surface area contributed by atoms with Crippen molar-refractivity contribution < 1.29 is 14.2 Å². The predicted octanol–water partition coefficient (Wildman–Crippen LogP) is 3.52. The lowest BCUT2D eigenvalue weighted by molar-refractivity contribution is 0.121. The number of hydrogen-bond acceptors (Lipinski definition) is 2. The summed E-state index contributed by atoms with van der Waals surface area (Å²) in [6.07, 6.45) is 5.78. The Morgan fingerprint density at radius 2 is 2.25 bits per heavy atom. The molecule has 0 aliphatic heterocycles. The Morgan fingerprint density at radius 3 is 3.00 bits per heavy atom. The number of aliphatic hydroxyl groups excluding tert-OH is 1. The van der Waals surface area contributed by atoms with E-state index in [0.29, 0.717) is 17.2 Å². The van der Waals surface area contributed by atoms with Crippen LogP contribution in [0.5, 0.6) is 5.75 Å².